The lowest BCUT2D eigenvalue weighted by Gasteiger charge is -2.19. The number of alkyl halides is 1. The van der Waals surface area contributed by atoms with Crippen LogP contribution < -0.4 is 0 Å². The molecule has 2 rings (SSSR count). The molecule has 1 aromatic carbocycles. The largest absolute Gasteiger partial charge is 0.114 e. The van der Waals surface area contributed by atoms with E-state index in [-0.39, 0.29) is 4.87 Å². The van der Waals surface area contributed by atoms with Crippen LogP contribution in [0.25, 0.3) is 0 Å². The van der Waals surface area contributed by atoms with Crippen molar-refractivity contribution in [3.8, 4) is 0 Å². The third-order valence-electron chi connectivity index (χ3n) is 3.19. The zero-order valence-electron chi connectivity index (χ0n) is 9.05. The summed E-state index contributed by atoms with van der Waals surface area (Å²) in [6, 6.07) is 10.5. The Morgan fingerprint density at radius 1 is 1.21 bits per heavy atom. The van der Waals surface area contributed by atoms with Gasteiger partial charge in [0.1, 0.15) is 0 Å². The van der Waals surface area contributed by atoms with Crippen LogP contribution in [0, 0.1) is 0 Å². The van der Waals surface area contributed by atoms with Crippen LogP contribution in [0.1, 0.15) is 12.0 Å². The van der Waals surface area contributed by atoms with Gasteiger partial charge in [-0.25, -0.2) is 0 Å². The summed E-state index contributed by atoms with van der Waals surface area (Å²) in [5.74, 6) is 0. The Kier molecular flexibility index (Phi) is 2.28. The van der Waals surface area contributed by atoms with Crippen LogP contribution in [-0.4, -0.2) is 8.07 Å². The highest BCUT2D eigenvalue weighted by molar-refractivity contribution is 6.79. The van der Waals surface area contributed by atoms with E-state index < -0.39 is 8.07 Å². The summed E-state index contributed by atoms with van der Waals surface area (Å²) in [6.07, 6.45) is 1.17. The first-order chi connectivity index (χ1) is 6.44. The predicted octanol–water partition coefficient (Wildman–Crippen LogP) is 4.23. The van der Waals surface area contributed by atoms with Crippen LogP contribution in [0.15, 0.2) is 30.3 Å². The highest BCUT2D eigenvalue weighted by atomic mass is 35.5. The minimum absolute atomic E-state index is 0.0221. The molecule has 2 heteroatoms. The second kappa shape index (κ2) is 3.11. The minimum Gasteiger partial charge on any atom is -0.114 e. The molecule has 76 valence electrons. The van der Waals surface area contributed by atoms with Gasteiger partial charge in [0.15, 0.2) is 0 Å². The normalized spacial score (nSPS) is 31.6. The minimum atomic E-state index is -1.07. The van der Waals surface area contributed by atoms with Gasteiger partial charge in [0.2, 0.25) is 0 Å². The van der Waals surface area contributed by atoms with Crippen molar-refractivity contribution in [2.45, 2.75) is 36.5 Å². The van der Waals surface area contributed by atoms with Gasteiger partial charge in [0.05, 0.1) is 4.87 Å². The number of rotatable bonds is 2. The molecule has 0 nitrogen and oxygen atoms in total. The van der Waals surface area contributed by atoms with E-state index in [0.29, 0.717) is 0 Å². The van der Waals surface area contributed by atoms with Crippen molar-refractivity contribution in [1.29, 1.82) is 0 Å². The first-order valence-corrected chi connectivity index (χ1v) is 9.14. The molecular formula is C12H17ClSi. The molecule has 0 heterocycles. The first-order valence-electron chi connectivity index (χ1n) is 5.19. The van der Waals surface area contributed by atoms with Crippen LogP contribution in [-0.2, 0) is 4.87 Å². The van der Waals surface area contributed by atoms with Gasteiger partial charge in [-0.2, -0.15) is 0 Å². The maximum Gasteiger partial charge on any atom is 0.0701 e. The fraction of sp³-hybridized carbons (Fsp3) is 0.500. The van der Waals surface area contributed by atoms with Gasteiger partial charge in [-0.05, 0) is 17.5 Å². The van der Waals surface area contributed by atoms with Gasteiger partial charge in [0.25, 0.3) is 0 Å². The van der Waals surface area contributed by atoms with Crippen LogP contribution in [0.2, 0.25) is 25.2 Å². The summed E-state index contributed by atoms with van der Waals surface area (Å²) in [4.78, 5) is -0.0221. The zero-order valence-corrected chi connectivity index (χ0v) is 10.8. The Labute approximate surface area is 92.3 Å². The number of hydrogen-bond acceptors (Lipinski definition) is 0. The van der Waals surface area contributed by atoms with Crippen molar-refractivity contribution < 1.29 is 0 Å². The molecule has 14 heavy (non-hydrogen) atoms. The fourth-order valence-electron chi connectivity index (χ4n) is 2.26. The number of halogens is 1. The Bertz CT molecular complexity index is 328. The van der Waals surface area contributed by atoms with Crippen molar-refractivity contribution >= 4 is 19.7 Å². The van der Waals surface area contributed by atoms with E-state index in [1.54, 1.807) is 0 Å². The molecule has 0 saturated heterocycles. The standard InChI is InChI=1S/C12H17ClSi/c1-14(2,3)11-9-12(11,13)10-7-5-4-6-8-10/h4-8,11H,9H2,1-3H3/t11-,12-/m0/s1. The smallest absolute Gasteiger partial charge is 0.0701 e. The quantitative estimate of drug-likeness (QED) is 0.521. The highest BCUT2D eigenvalue weighted by Gasteiger charge is 2.59. The van der Waals surface area contributed by atoms with Crippen LogP contribution in [0.5, 0.6) is 0 Å². The first kappa shape index (κ1) is 10.3. The Morgan fingerprint density at radius 3 is 2.21 bits per heavy atom. The molecule has 1 aliphatic carbocycles. The molecule has 0 N–H and O–H groups in total. The molecule has 0 unspecified atom stereocenters. The average molecular weight is 225 g/mol. The van der Waals surface area contributed by atoms with E-state index in [0.717, 1.165) is 5.54 Å². The number of benzene rings is 1. The van der Waals surface area contributed by atoms with Crippen LogP contribution >= 0.6 is 11.6 Å². The van der Waals surface area contributed by atoms with Gasteiger partial charge in [-0.1, -0.05) is 50.0 Å². The van der Waals surface area contributed by atoms with Gasteiger partial charge < -0.3 is 0 Å². The molecule has 0 spiro atoms. The van der Waals surface area contributed by atoms with Crippen molar-refractivity contribution in [2.24, 2.45) is 0 Å². The van der Waals surface area contributed by atoms with Crippen molar-refractivity contribution in [3.63, 3.8) is 0 Å². The van der Waals surface area contributed by atoms with Gasteiger partial charge >= 0.3 is 0 Å². The van der Waals surface area contributed by atoms with Crippen molar-refractivity contribution in [1.82, 2.24) is 0 Å². The Morgan fingerprint density at radius 2 is 1.79 bits per heavy atom. The molecule has 1 aliphatic rings. The fourth-order valence-corrected chi connectivity index (χ4v) is 6.13. The maximum absolute atomic E-state index is 6.66. The lowest BCUT2D eigenvalue weighted by atomic mass is 10.1. The molecule has 1 saturated carbocycles. The lowest BCUT2D eigenvalue weighted by molar-refractivity contribution is 1.000. The zero-order chi connectivity index (χ0) is 10.4. The Hall–Kier alpha value is -0.273. The van der Waals surface area contributed by atoms with Crippen molar-refractivity contribution in [2.75, 3.05) is 0 Å². The summed E-state index contributed by atoms with van der Waals surface area (Å²) in [5, 5.41) is 0. The third kappa shape index (κ3) is 1.64. The molecule has 1 fully saturated rings. The second-order valence-electron chi connectivity index (χ2n) is 5.35. The monoisotopic (exact) mass is 224 g/mol. The van der Waals surface area contributed by atoms with Crippen molar-refractivity contribution in [3.05, 3.63) is 35.9 Å². The summed E-state index contributed by atoms with van der Waals surface area (Å²) < 4.78 is 0. The summed E-state index contributed by atoms with van der Waals surface area (Å²) >= 11 is 6.66. The van der Waals surface area contributed by atoms with E-state index in [1.165, 1.54) is 12.0 Å². The molecule has 2 atom stereocenters. The predicted molar refractivity (Wildman–Crippen MR) is 65.7 cm³/mol. The Balaban J connectivity index is 2.23. The summed E-state index contributed by atoms with van der Waals surface area (Å²) in [7, 11) is -1.07. The van der Waals surface area contributed by atoms with E-state index in [2.05, 4.69) is 50.0 Å². The molecule has 0 aliphatic heterocycles. The molecular weight excluding hydrogens is 208 g/mol. The lowest BCUT2D eigenvalue weighted by Crippen LogP contribution is -2.23. The maximum atomic E-state index is 6.66. The van der Waals surface area contributed by atoms with E-state index in [4.69, 9.17) is 11.6 Å². The SMILES string of the molecule is C[Si](C)(C)[C@H]1C[C@]1(Cl)c1ccccc1. The number of hydrogen-bond donors (Lipinski definition) is 0. The third-order valence-corrected chi connectivity index (χ3v) is 6.80. The molecule has 1 aromatic rings. The summed E-state index contributed by atoms with van der Waals surface area (Å²) in [5.41, 5.74) is 2.06. The second-order valence-corrected chi connectivity index (χ2v) is 11.5. The highest BCUT2D eigenvalue weighted by Crippen LogP contribution is 2.66. The van der Waals surface area contributed by atoms with E-state index >= 15 is 0 Å². The molecule has 0 amide bonds. The molecule has 0 aromatic heterocycles. The molecule has 0 bridgehead atoms. The van der Waals surface area contributed by atoms with Gasteiger partial charge in [-0.15, -0.1) is 11.6 Å². The topological polar surface area (TPSA) is 0 Å². The molecule has 0 radical (unpaired) electrons. The summed E-state index contributed by atoms with van der Waals surface area (Å²) in [6.45, 7) is 7.22. The van der Waals surface area contributed by atoms with Crippen LogP contribution in [0.4, 0.5) is 0 Å². The van der Waals surface area contributed by atoms with E-state index in [1.807, 2.05) is 0 Å². The van der Waals surface area contributed by atoms with Gasteiger partial charge in [0, 0.05) is 8.07 Å². The average Bonchev–Trinajstić information content (AvgIpc) is 2.81. The van der Waals surface area contributed by atoms with E-state index in [9.17, 15) is 0 Å². The van der Waals surface area contributed by atoms with Crippen LogP contribution in [0.3, 0.4) is 0 Å². The van der Waals surface area contributed by atoms with Gasteiger partial charge in [-0.3, -0.25) is 0 Å².